The Morgan fingerprint density at radius 1 is 1.15 bits per heavy atom. The topological polar surface area (TPSA) is 57.8 Å². The number of carbonyl (C=O) groups excluding carboxylic acids is 1. The van der Waals surface area contributed by atoms with E-state index in [0.717, 1.165) is 27.6 Å². The third kappa shape index (κ3) is 3.07. The lowest BCUT2D eigenvalue weighted by atomic mass is 10.2. The second-order valence-electron chi connectivity index (χ2n) is 6.02. The molecule has 0 bridgehead atoms. The monoisotopic (exact) mass is 363 g/mol. The van der Waals surface area contributed by atoms with Crippen LogP contribution in [0.3, 0.4) is 0 Å². The number of aromatic hydroxyl groups is 1. The van der Waals surface area contributed by atoms with E-state index in [1.807, 2.05) is 46.3 Å². The lowest BCUT2D eigenvalue weighted by molar-refractivity contribution is -0.117. The van der Waals surface area contributed by atoms with Gasteiger partial charge >= 0.3 is 0 Å². The van der Waals surface area contributed by atoms with Crippen LogP contribution in [0.25, 0.3) is 16.2 Å². The van der Waals surface area contributed by atoms with E-state index in [1.54, 1.807) is 36.2 Å². The van der Waals surface area contributed by atoms with Crippen molar-refractivity contribution in [2.45, 2.75) is 6.42 Å². The Balaban J connectivity index is 1.58. The van der Waals surface area contributed by atoms with Gasteiger partial charge in [0.1, 0.15) is 5.75 Å². The van der Waals surface area contributed by atoms with Gasteiger partial charge < -0.3 is 10.0 Å². The number of phenolic OH excluding ortho intramolecular Hbond substituents is 1. The van der Waals surface area contributed by atoms with Crippen LogP contribution in [-0.4, -0.2) is 27.4 Å². The summed E-state index contributed by atoms with van der Waals surface area (Å²) in [5.74, 6) is 0.159. The summed E-state index contributed by atoms with van der Waals surface area (Å²) < 4.78 is 1.98. The molecule has 0 saturated carbocycles. The van der Waals surface area contributed by atoms with Crippen molar-refractivity contribution in [2.75, 3.05) is 11.9 Å². The number of aromatic nitrogens is 2. The first-order valence-electron chi connectivity index (χ1n) is 8.18. The van der Waals surface area contributed by atoms with Crippen LogP contribution in [0.1, 0.15) is 5.69 Å². The minimum atomic E-state index is -0.0228. The number of amides is 1. The Kier molecular flexibility index (Phi) is 4.18. The fraction of sp³-hybridized carbons (Fsp3) is 0.100. The van der Waals surface area contributed by atoms with Crippen molar-refractivity contribution < 1.29 is 9.90 Å². The van der Waals surface area contributed by atoms with E-state index in [-0.39, 0.29) is 18.1 Å². The van der Waals surface area contributed by atoms with Crippen molar-refractivity contribution in [1.82, 2.24) is 9.38 Å². The average molecular weight is 363 g/mol. The van der Waals surface area contributed by atoms with E-state index in [0.29, 0.717) is 0 Å². The first kappa shape index (κ1) is 16.4. The van der Waals surface area contributed by atoms with E-state index >= 15 is 0 Å². The summed E-state index contributed by atoms with van der Waals surface area (Å²) in [6.07, 6.45) is 2.26. The third-order valence-corrected chi connectivity index (χ3v) is 5.19. The standard InChI is InChI=1S/C20H17N3O2S/c1-22(15-7-9-17(24)10-8-15)19(25)11-16-13-26-20-21-18(12-23(16)20)14-5-3-2-4-6-14/h2-10,12-13,24H,11H2,1H3. The van der Waals surface area contributed by atoms with Crippen LogP contribution in [0.4, 0.5) is 5.69 Å². The van der Waals surface area contributed by atoms with Crippen LogP contribution < -0.4 is 4.90 Å². The zero-order valence-corrected chi connectivity index (χ0v) is 15.0. The second kappa shape index (κ2) is 6.65. The SMILES string of the molecule is CN(C(=O)Cc1csc2nc(-c3ccccc3)cn12)c1ccc(O)cc1. The van der Waals surface area contributed by atoms with Gasteiger partial charge in [0.15, 0.2) is 4.96 Å². The predicted molar refractivity (Wildman–Crippen MR) is 104 cm³/mol. The molecule has 0 atom stereocenters. The zero-order chi connectivity index (χ0) is 18.1. The number of benzene rings is 2. The van der Waals surface area contributed by atoms with E-state index in [9.17, 15) is 9.90 Å². The van der Waals surface area contributed by atoms with Gasteiger partial charge in [0.25, 0.3) is 0 Å². The Labute approximate surface area is 154 Å². The van der Waals surface area contributed by atoms with Crippen LogP contribution in [0.2, 0.25) is 0 Å². The Morgan fingerprint density at radius 3 is 2.62 bits per heavy atom. The van der Waals surface area contributed by atoms with Crippen LogP contribution in [-0.2, 0) is 11.2 Å². The molecule has 4 rings (SSSR count). The normalized spacial score (nSPS) is 11.0. The molecule has 26 heavy (non-hydrogen) atoms. The molecular formula is C20H17N3O2S. The van der Waals surface area contributed by atoms with Crippen molar-refractivity contribution in [3.05, 3.63) is 71.9 Å². The van der Waals surface area contributed by atoms with Crippen LogP contribution in [0, 0.1) is 0 Å². The molecule has 2 aromatic carbocycles. The lowest BCUT2D eigenvalue weighted by Gasteiger charge is -2.17. The fourth-order valence-corrected chi connectivity index (χ4v) is 3.67. The van der Waals surface area contributed by atoms with Crippen LogP contribution in [0.5, 0.6) is 5.75 Å². The van der Waals surface area contributed by atoms with Crippen molar-refractivity contribution in [1.29, 1.82) is 0 Å². The molecule has 2 heterocycles. The number of imidazole rings is 1. The molecule has 130 valence electrons. The minimum Gasteiger partial charge on any atom is -0.508 e. The predicted octanol–water partition coefficient (Wildman–Crippen LogP) is 3.97. The number of phenols is 1. The summed E-state index contributed by atoms with van der Waals surface area (Å²) in [5, 5.41) is 11.4. The highest BCUT2D eigenvalue weighted by Crippen LogP contribution is 2.24. The van der Waals surface area contributed by atoms with Crippen molar-refractivity contribution in [2.24, 2.45) is 0 Å². The van der Waals surface area contributed by atoms with Gasteiger partial charge in [-0.05, 0) is 24.3 Å². The first-order valence-corrected chi connectivity index (χ1v) is 9.06. The molecule has 0 fully saturated rings. The molecule has 0 aliphatic rings. The van der Waals surface area contributed by atoms with E-state index in [2.05, 4.69) is 4.98 Å². The molecule has 2 aromatic heterocycles. The Hall–Kier alpha value is -3.12. The quantitative estimate of drug-likeness (QED) is 0.597. The second-order valence-corrected chi connectivity index (χ2v) is 6.85. The number of nitrogens with zero attached hydrogens (tertiary/aromatic N) is 3. The summed E-state index contributed by atoms with van der Waals surface area (Å²) >= 11 is 1.53. The molecule has 0 saturated heterocycles. The largest absolute Gasteiger partial charge is 0.508 e. The molecule has 0 unspecified atom stereocenters. The van der Waals surface area contributed by atoms with Gasteiger partial charge in [-0.15, -0.1) is 11.3 Å². The Morgan fingerprint density at radius 2 is 1.88 bits per heavy atom. The van der Waals surface area contributed by atoms with Gasteiger partial charge in [0.05, 0.1) is 12.1 Å². The summed E-state index contributed by atoms with van der Waals surface area (Å²) in [4.78, 5) is 19.8. The summed E-state index contributed by atoms with van der Waals surface area (Å²) in [7, 11) is 1.74. The van der Waals surface area contributed by atoms with Gasteiger partial charge in [-0.3, -0.25) is 9.20 Å². The molecule has 5 nitrogen and oxygen atoms in total. The van der Waals surface area contributed by atoms with Crippen LogP contribution >= 0.6 is 11.3 Å². The van der Waals surface area contributed by atoms with Gasteiger partial charge in [0.2, 0.25) is 5.91 Å². The maximum absolute atomic E-state index is 12.7. The van der Waals surface area contributed by atoms with Gasteiger partial charge in [-0.2, -0.15) is 0 Å². The Bertz CT molecular complexity index is 1050. The van der Waals surface area contributed by atoms with Crippen molar-refractivity contribution in [3.63, 3.8) is 0 Å². The maximum atomic E-state index is 12.7. The average Bonchev–Trinajstić information content (AvgIpc) is 3.24. The lowest BCUT2D eigenvalue weighted by Crippen LogP contribution is -2.28. The number of likely N-dealkylation sites (N-methyl/N-ethyl adjacent to an activating group) is 1. The number of fused-ring (bicyclic) bond motifs is 1. The molecule has 0 radical (unpaired) electrons. The highest BCUT2D eigenvalue weighted by atomic mass is 32.1. The first-order chi connectivity index (χ1) is 12.6. The molecule has 0 aliphatic carbocycles. The summed E-state index contributed by atoms with van der Waals surface area (Å²) in [6, 6.07) is 16.6. The molecule has 4 aromatic rings. The minimum absolute atomic E-state index is 0.0228. The molecule has 6 heteroatoms. The molecule has 1 N–H and O–H groups in total. The van der Waals surface area contributed by atoms with E-state index < -0.39 is 0 Å². The highest BCUT2D eigenvalue weighted by Gasteiger charge is 2.16. The number of rotatable bonds is 4. The van der Waals surface area contributed by atoms with Gasteiger partial charge in [-0.25, -0.2) is 4.98 Å². The summed E-state index contributed by atoms with van der Waals surface area (Å²) in [6.45, 7) is 0. The van der Waals surface area contributed by atoms with Gasteiger partial charge in [-0.1, -0.05) is 30.3 Å². The van der Waals surface area contributed by atoms with Crippen LogP contribution in [0.15, 0.2) is 66.2 Å². The van der Waals surface area contributed by atoms with E-state index in [1.165, 1.54) is 11.3 Å². The summed E-state index contributed by atoms with van der Waals surface area (Å²) in [5.41, 5.74) is 3.62. The zero-order valence-electron chi connectivity index (χ0n) is 14.2. The van der Waals surface area contributed by atoms with E-state index in [4.69, 9.17) is 0 Å². The van der Waals surface area contributed by atoms with Crippen molar-refractivity contribution in [3.8, 4) is 17.0 Å². The number of anilines is 1. The molecule has 1 amide bonds. The highest BCUT2D eigenvalue weighted by molar-refractivity contribution is 7.15. The number of hydrogen-bond donors (Lipinski definition) is 1. The fourth-order valence-electron chi connectivity index (χ4n) is 2.80. The van der Waals surface area contributed by atoms with Crippen molar-refractivity contribution >= 4 is 27.9 Å². The molecular weight excluding hydrogens is 346 g/mol. The molecule has 0 spiro atoms. The van der Waals surface area contributed by atoms with Gasteiger partial charge in [0, 0.05) is 35.6 Å². The number of hydrogen-bond acceptors (Lipinski definition) is 4. The third-order valence-electron chi connectivity index (χ3n) is 4.30. The molecule has 0 aliphatic heterocycles. The number of thiazole rings is 1. The smallest absolute Gasteiger partial charge is 0.232 e. The number of carbonyl (C=O) groups is 1. The maximum Gasteiger partial charge on any atom is 0.232 e.